The van der Waals surface area contributed by atoms with Crippen LogP contribution in [-0.2, 0) is 17.8 Å². The highest BCUT2D eigenvalue weighted by Crippen LogP contribution is 2.26. The van der Waals surface area contributed by atoms with Gasteiger partial charge < -0.3 is 14.5 Å². The molecule has 0 aliphatic carbocycles. The smallest absolute Gasteiger partial charge is 0.129 e. The Morgan fingerprint density at radius 1 is 1.12 bits per heavy atom. The molecule has 0 spiro atoms. The highest BCUT2D eigenvalue weighted by molar-refractivity contribution is 6.15. The second kappa shape index (κ2) is 6.94. The summed E-state index contributed by atoms with van der Waals surface area (Å²) >= 11 is 0. The predicted molar refractivity (Wildman–Crippen MR) is 100 cm³/mol. The van der Waals surface area contributed by atoms with Gasteiger partial charge >= 0.3 is 0 Å². The Hall–Kier alpha value is -2.24. The van der Waals surface area contributed by atoms with Crippen molar-refractivity contribution in [1.82, 2.24) is 9.88 Å². The number of rotatable bonds is 4. The fourth-order valence-electron chi connectivity index (χ4n) is 3.47. The van der Waals surface area contributed by atoms with Gasteiger partial charge in [0.15, 0.2) is 0 Å². The summed E-state index contributed by atoms with van der Waals surface area (Å²) in [5.41, 5.74) is 6.13. The third-order valence-corrected chi connectivity index (χ3v) is 4.69. The van der Waals surface area contributed by atoms with E-state index in [1.54, 1.807) is 0 Å². The maximum Gasteiger partial charge on any atom is 0.129 e. The Morgan fingerprint density at radius 2 is 1.96 bits per heavy atom. The SMILES string of the molecule is CN(C)Cc1ccc2c(c1)C(c1ccnc(N3CCOCC3)c1)=NC2. The summed E-state index contributed by atoms with van der Waals surface area (Å²) in [5, 5.41) is 0. The van der Waals surface area contributed by atoms with Crippen LogP contribution in [0.15, 0.2) is 41.5 Å². The minimum absolute atomic E-state index is 0.766. The van der Waals surface area contributed by atoms with E-state index >= 15 is 0 Å². The van der Waals surface area contributed by atoms with Crippen molar-refractivity contribution in [3.8, 4) is 0 Å². The van der Waals surface area contributed by atoms with E-state index in [-0.39, 0.29) is 0 Å². The number of anilines is 1. The number of nitrogens with zero attached hydrogens (tertiary/aromatic N) is 4. The minimum atomic E-state index is 0.766. The molecule has 4 rings (SSSR count). The maximum absolute atomic E-state index is 5.45. The molecule has 1 fully saturated rings. The average Bonchev–Trinajstić information content (AvgIpc) is 3.05. The molecule has 0 N–H and O–H groups in total. The predicted octanol–water partition coefficient (Wildman–Crippen LogP) is 2.33. The fraction of sp³-hybridized carbons (Fsp3) is 0.400. The van der Waals surface area contributed by atoms with Crippen LogP contribution in [0.4, 0.5) is 5.82 Å². The second-order valence-corrected chi connectivity index (χ2v) is 6.90. The number of hydrogen-bond donors (Lipinski definition) is 0. The number of pyridine rings is 1. The molecule has 5 heteroatoms. The van der Waals surface area contributed by atoms with Crippen LogP contribution in [-0.4, -0.2) is 56.0 Å². The topological polar surface area (TPSA) is 41.0 Å². The first-order valence-corrected chi connectivity index (χ1v) is 8.81. The summed E-state index contributed by atoms with van der Waals surface area (Å²) in [6, 6.07) is 10.9. The van der Waals surface area contributed by atoms with Crippen LogP contribution in [0, 0.1) is 0 Å². The van der Waals surface area contributed by atoms with Crippen molar-refractivity contribution in [3.63, 3.8) is 0 Å². The van der Waals surface area contributed by atoms with Crippen LogP contribution in [0.1, 0.15) is 22.3 Å². The maximum atomic E-state index is 5.45. The van der Waals surface area contributed by atoms with Crippen molar-refractivity contribution in [2.24, 2.45) is 4.99 Å². The zero-order chi connectivity index (χ0) is 17.2. The van der Waals surface area contributed by atoms with Crippen molar-refractivity contribution < 1.29 is 4.74 Å². The van der Waals surface area contributed by atoms with Crippen LogP contribution in [0.25, 0.3) is 0 Å². The normalized spacial score (nSPS) is 16.9. The van der Waals surface area contributed by atoms with Crippen molar-refractivity contribution in [1.29, 1.82) is 0 Å². The van der Waals surface area contributed by atoms with Gasteiger partial charge in [-0.3, -0.25) is 4.99 Å². The van der Waals surface area contributed by atoms with Crippen molar-refractivity contribution in [2.75, 3.05) is 45.3 Å². The molecule has 3 heterocycles. The molecule has 0 amide bonds. The average molecular weight is 336 g/mol. The second-order valence-electron chi connectivity index (χ2n) is 6.90. The lowest BCUT2D eigenvalue weighted by Gasteiger charge is -2.28. The number of fused-ring (bicyclic) bond motifs is 1. The highest BCUT2D eigenvalue weighted by atomic mass is 16.5. The van der Waals surface area contributed by atoms with Gasteiger partial charge in [0.25, 0.3) is 0 Å². The zero-order valence-corrected chi connectivity index (χ0v) is 14.9. The van der Waals surface area contributed by atoms with Gasteiger partial charge in [-0.2, -0.15) is 0 Å². The van der Waals surface area contributed by atoms with E-state index < -0.39 is 0 Å². The van der Waals surface area contributed by atoms with E-state index in [1.165, 1.54) is 16.7 Å². The van der Waals surface area contributed by atoms with E-state index in [9.17, 15) is 0 Å². The number of hydrogen-bond acceptors (Lipinski definition) is 5. The third-order valence-electron chi connectivity index (χ3n) is 4.69. The van der Waals surface area contributed by atoms with E-state index in [2.05, 4.69) is 59.2 Å². The summed E-state index contributed by atoms with van der Waals surface area (Å²) < 4.78 is 5.45. The molecular weight excluding hydrogens is 312 g/mol. The number of benzene rings is 1. The molecule has 0 saturated carbocycles. The minimum Gasteiger partial charge on any atom is -0.378 e. The number of aromatic nitrogens is 1. The number of ether oxygens (including phenoxy) is 1. The van der Waals surface area contributed by atoms with Gasteiger partial charge in [-0.25, -0.2) is 4.98 Å². The van der Waals surface area contributed by atoms with E-state index in [0.29, 0.717) is 0 Å². The molecule has 0 unspecified atom stereocenters. The van der Waals surface area contributed by atoms with Gasteiger partial charge in [-0.15, -0.1) is 0 Å². The summed E-state index contributed by atoms with van der Waals surface area (Å²) in [5.74, 6) is 1.02. The molecule has 2 aliphatic rings. The first kappa shape index (κ1) is 16.2. The fourth-order valence-corrected chi connectivity index (χ4v) is 3.47. The Bertz CT molecular complexity index is 794. The van der Waals surface area contributed by atoms with Crippen molar-refractivity contribution >= 4 is 11.5 Å². The molecule has 2 aromatic rings. The number of morpholine rings is 1. The van der Waals surface area contributed by atoms with Gasteiger partial charge in [0, 0.05) is 37.0 Å². The van der Waals surface area contributed by atoms with Crippen LogP contribution in [0.5, 0.6) is 0 Å². The molecule has 2 aliphatic heterocycles. The van der Waals surface area contributed by atoms with Gasteiger partial charge in [0.1, 0.15) is 5.82 Å². The van der Waals surface area contributed by atoms with Crippen molar-refractivity contribution in [2.45, 2.75) is 13.1 Å². The third kappa shape index (κ3) is 3.43. The van der Waals surface area contributed by atoms with Crippen molar-refractivity contribution in [3.05, 3.63) is 58.8 Å². The van der Waals surface area contributed by atoms with Gasteiger partial charge in [0.05, 0.1) is 25.5 Å². The molecule has 5 nitrogen and oxygen atoms in total. The molecule has 1 saturated heterocycles. The first-order chi connectivity index (χ1) is 12.2. The molecular formula is C20H24N4O. The molecule has 130 valence electrons. The Balaban J connectivity index is 1.64. The summed E-state index contributed by atoms with van der Waals surface area (Å²) in [6.07, 6.45) is 1.89. The standard InChI is InChI=1S/C20H24N4O/c1-23(2)14-15-3-4-17-13-22-20(18(17)11-15)16-5-6-21-19(12-16)24-7-9-25-10-8-24/h3-6,11-12H,7-10,13-14H2,1-2H3. The Labute approximate surface area is 149 Å². The van der Waals surface area contributed by atoms with Crippen LogP contribution in [0.3, 0.4) is 0 Å². The molecule has 0 atom stereocenters. The molecule has 1 aromatic carbocycles. The van der Waals surface area contributed by atoms with Crippen LogP contribution < -0.4 is 4.90 Å². The summed E-state index contributed by atoms with van der Waals surface area (Å²) in [6.45, 7) is 5.03. The number of aliphatic imine (C=N–C) groups is 1. The quantitative estimate of drug-likeness (QED) is 0.859. The molecule has 25 heavy (non-hydrogen) atoms. The Kier molecular flexibility index (Phi) is 4.51. The van der Waals surface area contributed by atoms with Gasteiger partial charge in [-0.05, 0) is 43.4 Å². The lowest BCUT2D eigenvalue weighted by molar-refractivity contribution is 0.122. The first-order valence-electron chi connectivity index (χ1n) is 8.81. The molecule has 0 bridgehead atoms. The van der Waals surface area contributed by atoms with E-state index in [0.717, 1.165) is 56.5 Å². The van der Waals surface area contributed by atoms with E-state index in [1.807, 2.05) is 6.20 Å². The highest BCUT2D eigenvalue weighted by Gasteiger charge is 2.20. The van der Waals surface area contributed by atoms with Crippen LogP contribution in [0.2, 0.25) is 0 Å². The Morgan fingerprint density at radius 3 is 2.76 bits per heavy atom. The lowest BCUT2D eigenvalue weighted by atomic mass is 9.98. The zero-order valence-electron chi connectivity index (χ0n) is 14.9. The van der Waals surface area contributed by atoms with Gasteiger partial charge in [0.2, 0.25) is 0 Å². The van der Waals surface area contributed by atoms with Crippen LogP contribution >= 0.6 is 0 Å². The lowest BCUT2D eigenvalue weighted by Crippen LogP contribution is -2.36. The summed E-state index contributed by atoms with van der Waals surface area (Å²) in [4.78, 5) is 13.8. The largest absolute Gasteiger partial charge is 0.378 e. The monoisotopic (exact) mass is 336 g/mol. The van der Waals surface area contributed by atoms with Gasteiger partial charge in [-0.1, -0.05) is 12.1 Å². The van der Waals surface area contributed by atoms with E-state index in [4.69, 9.17) is 9.73 Å². The molecule has 1 aromatic heterocycles. The molecule has 0 radical (unpaired) electrons. The summed E-state index contributed by atoms with van der Waals surface area (Å²) in [7, 11) is 4.19.